The molecule has 0 aromatic heterocycles. The van der Waals surface area contributed by atoms with Crippen LogP contribution in [-0.2, 0) is 6.54 Å². The van der Waals surface area contributed by atoms with Crippen LogP contribution in [0.3, 0.4) is 0 Å². The highest BCUT2D eigenvalue weighted by atomic mass is 35.5. The summed E-state index contributed by atoms with van der Waals surface area (Å²) in [5, 5.41) is 4.37. The van der Waals surface area contributed by atoms with E-state index in [9.17, 15) is 0 Å². The maximum atomic E-state index is 5.93. The molecule has 0 saturated carbocycles. The summed E-state index contributed by atoms with van der Waals surface area (Å²) in [6.45, 7) is 3.27. The minimum absolute atomic E-state index is 0.633. The molecule has 1 aromatic carbocycles. The first-order chi connectivity index (χ1) is 7.24. The number of rotatable bonds is 3. The average molecular weight is 225 g/mol. The molecule has 3 heteroatoms. The Hall–Kier alpha value is -0.570. The van der Waals surface area contributed by atoms with E-state index in [1.165, 1.54) is 18.5 Å². The van der Waals surface area contributed by atoms with Crippen LogP contribution in [0.15, 0.2) is 24.3 Å². The normalized spacial score (nSPS) is 22.1. The maximum Gasteiger partial charge on any atom is 0.0409 e. The monoisotopic (exact) mass is 224 g/mol. The van der Waals surface area contributed by atoms with Crippen molar-refractivity contribution in [2.75, 3.05) is 20.1 Å². The molecule has 1 atom stereocenters. The molecule has 0 spiro atoms. The molecule has 0 bridgehead atoms. The fraction of sp³-hybridized carbons (Fsp3) is 0.500. The summed E-state index contributed by atoms with van der Waals surface area (Å²) < 4.78 is 0. The molecule has 2 rings (SSSR count). The fourth-order valence-electron chi connectivity index (χ4n) is 2.01. The number of hydrogen-bond acceptors (Lipinski definition) is 2. The summed E-state index contributed by atoms with van der Waals surface area (Å²) in [4.78, 5) is 2.36. The van der Waals surface area contributed by atoms with Crippen LogP contribution < -0.4 is 5.32 Å². The first-order valence-electron chi connectivity index (χ1n) is 5.40. The highest BCUT2D eigenvalue weighted by Crippen LogP contribution is 2.12. The minimum atomic E-state index is 0.633. The molecule has 1 aliphatic rings. The zero-order chi connectivity index (χ0) is 10.7. The maximum absolute atomic E-state index is 5.93. The van der Waals surface area contributed by atoms with Gasteiger partial charge in [-0.25, -0.2) is 0 Å². The van der Waals surface area contributed by atoms with Crippen molar-refractivity contribution in [1.82, 2.24) is 10.2 Å². The Kier molecular flexibility index (Phi) is 3.62. The van der Waals surface area contributed by atoms with Crippen LogP contribution in [0.1, 0.15) is 12.0 Å². The first kappa shape index (κ1) is 10.9. The molecule has 0 amide bonds. The van der Waals surface area contributed by atoms with Gasteiger partial charge >= 0.3 is 0 Å². The van der Waals surface area contributed by atoms with E-state index >= 15 is 0 Å². The molecular weight excluding hydrogens is 208 g/mol. The lowest BCUT2D eigenvalue weighted by Gasteiger charge is -2.12. The number of hydrogen-bond donors (Lipinski definition) is 1. The van der Waals surface area contributed by atoms with Gasteiger partial charge in [0.25, 0.3) is 0 Å². The van der Waals surface area contributed by atoms with E-state index in [1.807, 2.05) is 18.2 Å². The van der Waals surface area contributed by atoms with Gasteiger partial charge in [-0.2, -0.15) is 0 Å². The summed E-state index contributed by atoms with van der Waals surface area (Å²) in [5.41, 5.74) is 1.26. The van der Waals surface area contributed by atoms with E-state index in [2.05, 4.69) is 23.3 Å². The van der Waals surface area contributed by atoms with Crippen LogP contribution in [-0.4, -0.2) is 31.1 Å². The first-order valence-corrected chi connectivity index (χ1v) is 5.78. The SMILES string of the molecule is CN1CC[C@H](NCc2cccc(Cl)c2)C1. The van der Waals surface area contributed by atoms with Crippen LogP contribution in [0.5, 0.6) is 0 Å². The summed E-state index contributed by atoms with van der Waals surface area (Å²) in [7, 11) is 2.17. The van der Waals surface area contributed by atoms with Gasteiger partial charge in [0.15, 0.2) is 0 Å². The van der Waals surface area contributed by atoms with Crippen molar-refractivity contribution in [1.29, 1.82) is 0 Å². The quantitative estimate of drug-likeness (QED) is 0.847. The van der Waals surface area contributed by atoms with Crippen molar-refractivity contribution in [3.8, 4) is 0 Å². The highest BCUT2D eigenvalue weighted by Gasteiger charge is 2.18. The van der Waals surface area contributed by atoms with E-state index in [0.717, 1.165) is 18.1 Å². The molecule has 1 aromatic rings. The Bertz CT molecular complexity index is 327. The molecule has 1 aliphatic heterocycles. The van der Waals surface area contributed by atoms with Crippen molar-refractivity contribution in [3.05, 3.63) is 34.9 Å². The number of nitrogens with one attached hydrogen (secondary N) is 1. The molecule has 82 valence electrons. The third-order valence-corrected chi connectivity index (χ3v) is 3.11. The van der Waals surface area contributed by atoms with Crippen LogP contribution in [0.4, 0.5) is 0 Å². The van der Waals surface area contributed by atoms with Gasteiger partial charge in [0.05, 0.1) is 0 Å². The smallest absolute Gasteiger partial charge is 0.0409 e. The van der Waals surface area contributed by atoms with Gasteiger partial charge in [0, 0.05) is 24.2 Å². The van der Waals surface area contributed by atoms with Crippen LogP contribution in [0, 0.1) is 0 Å². The molecular formula is C12H17ClN2. The zero-order valence-electron chi connectivity index (χ0n) is 9.04. The Morgan fingerprint density at radius 1 is 1.53 bits per heavy atom. The van der Waals surface area contributed by atoms with Gasteiger partial charge in [0.2, 0.25) is 0 Å². The van der Waals surface area contributed by atoms with Gasteiger partial charge in [-0.15, -0.1) is 0 Å². The van der Waals surface area contributed by atoms with Gasteiger partial charge in [-0.05, 0) is 37.7 Å². The van der Waals surface area contributed by atoms with Crippen LogP contribution in [0.25, 0.3) is 0 Å². The molecule has 0 aliphatic carbocycles. The van der Waals surface area contributed by atoms with Gasteiger partial charge in [-0.3, -0.25) is 0 Å². The lowest BCUT2D eigenvalue weighted by molar-refractivity contribution is 0.397. The molecule has 1 saturated heterocycles. The Morgan fingerprint density at radius 2 is 2.40 bits per heavy atom. The third kappa shape index (κ3) is 3.20. The van der Waals surface area contributed by atoms with Gasteiger partial charge in [0.1, 0.15) is 0 Å². The van der Waals surface area contributed by atoms with Crippen molar-refractivity contribution in [3.63, 3.8) is 0 Å². The number of halogens is 1. The van der Waals surface area contributed by atoms with Crippen molar-refractivity contribution < 1.29 is 0 Å². The Balaban J connectivity index is 1.83. The summed E-state index contributed by atoms with van der Waals surface area (Å²) >= 11 is 5.93. The van der Waals surface area contributed by atoms with E-state index in [0.29, 0.717) is 6.04 Å². The summed E-state index contributed by atoms with van der Waals surface area (Å²) in [5.74, 6) is 0. The second-order valence-corrected chi connectivity index (χ2v) is 4.70. The van der Waals surface area contributed by atoms with E-state index in [4.69, 9.17) is 11.6 Å². The number of likely N-dealkylation sites (N-methyl/N-ethyl adjacent to an activating group) is 1. The van der Waals surface area contributed by atoms with Gasteiger partial charge in [-0.1, -0.05) is 23.7 Å². The lowest BCUT2D eigenvalue weighted by atomic mass is 10.2. The summed E-state index contributed by atoms with van der Waals surface area (Å²) in [6, 6.07) is 8.67. The highest BCUT2D eigenvalue weighted by molar-refractivity contribution is 6.30. The third-order valence-electron chi connectivity index (χ3n) is 2.88. The van der Waals surface area contributed by atoms with E-state index in [1.54, 1.807) is 0 Å². The molecule has 15 heavy (non-hydrogen) atoms. The molecule has 2 nitrogen and oxygen atoms in total. The second kappa shape index (κ2) is 4.97. The lowest BCUT2D eigenvalue weighted by Crippen LogP contribution is -2.30. The number of benzene rings is 1. The van der Waals surface area contributed by atoms with Crippen LogP contribution >= 0.6 is 11.6 Å². The van der Waals surface area contributed by atoms with Crippen molar-refractivity contribution in [2.45, 2.75) is 19.0 Å². The molecule has 1 fully saturated rings. The van der Waals surface area contributed by atoms with Gasteiger partial charge < -0.3 is 10.2 Å². The minimum Gasteiger partial charge on any atom is -0.309 e. The Labute approximate surface area is 96.2 Å². The van der Waals surface area contributed by atoms with Crippen molar-refractivity contribution >= 4 is 11.6 Å². The van der Waals surface area contributed by atoms with Crippen molar-refractivity contribution in [2.24, 2.45) is 0 Å². The molecule has 1 N–H and O–H groups in total. The van der Waals surface area contributed by atoms with E-state index < -0.39 is 0 Å². The average Bonchev–Trinajstić information content (AvgIpc) is 2.62. The van der Waals surface area contributed by atoms with E-state index in [-0.39, 0.29) is 0 Å². The predicted molar refractivity (Wildman–Crippen MR) is 64.2 cm³/mol. The molecule has 1 heterocycles. The summed E-state index contributed by atoms with van der Waals surface area (Å²) in [6.07, 6.45) is 1.25. The Morgan fingerprint density at radius 3 is 3.07 bits per heavy atom. The van der Waals surface area contributed by atoms with Crippen LogP contribution in [0.2, 0.25) is 5.02 Å². The largest absolute Gasteiger partial charge is 0.309 e. The fourth-order valence-corrected chi connectivity index (χ4v) is 2.22. The second-order valence-electron chi connectivity index (χ2n) is 4.26. The molecule has 0 unspecified atom stereocenters. The zero-order valence-corrected chi connectivity index (χ0v) is 9.80. The predicted octanol–water partition coefficient (Wildman–Crippen LogP) is 2.13. The standard InChI is InChI=1S/C12H17ClN2/c1-15-6-5-12(9-15)14-8-10-3-2-4-11(13)7-10/h2-4,7,12,14H,5-6,8-9H2,1H3/t12-/m0/s1. The molecule has 0 radical (unpaired) electrons. The topological polar surface area (TPSA) is 15.3 Å². The number of nitrogens with zero attached hydrogens (tertiary/aromatic N) is 1. The number of likely N-dealkylation sites (tertiary alicyclic amines) is 1.